The third-order valence-corrected chi connectivity index (χ3v) is 3.68. The zero-order chi connectivity index (χ0) is 14.5. The molecule has 1 aliphatic rings. The van der Waals surface area contributed by atoms with E-state index in [1.165, 1.54) is 12.6 Å². The van der Waals surface area contributed by atoms with Crippen LogP contribution in [-0.2, 0) is 0 Å². The van der Waals surface area contributed by atoms with Crippen molar-refractivity contribution in [3.05, 3.63) is 22.8 Å². The Morgan fingerprint density at radius 2 is 2.20 bits per heavy atom. The fourth-order valence-electron chi connectivity index (χ4n) is 2.22. The third kappa shape index (κ3) is 3.61. The first-order chi connectivity index (χ1) is 9.61. The minimum atomic E-state index is -0.136. The highest BCUT2D eigenvalue weighted by molar-refractivity contribution is 6.33. The molecule has 6 heteroatoms. The molecule has 2 N–H and O–H groups in total. The topological polar surface area (TPSA) is 65.5 Å². The number of amides is 1. The molecule has 0 spiro atoms. The molecule has 2 heterocycles. The number of likely N-dealkylation sites (tertiary alicyclic amines) is 1. The molecule has 0 unspecified atom stereocenters. The summed E-state index contributed by atoms with van der Waals surface area (Å²) in [6, 6.07) is 1.50. The van der Waals surface area contributed by atoms with Crippen molar-refractivity contribution >= 4 is 23.3 Å². The maximum absolute atomic E-state index is 12.3. The van der Waals surface area contributed by atoms with Crippen molar-refractivity contribution in [2.45, 2.75) is 32.2 Å². The molecule has 1 aliphatic heterocycles. The van der Waals surface area contributed by atoms with Gasteiger partial charge in [-0.1, -0.05) is 11.6 Å². The average molecular weight is 298 g/mol. The number of rotatable bonds is 4. The summed E-state index contributed by atoms with van der Waals surface area (Å²) in [5.41, 5.74) is 0.513. The minimum absolute atomic E-state index is 0.00747. The fourth-order valence-corrected chi connectivity index (χ4v) is 2.44. The van der Waals surface area contributed by atoms with Crippen LogP contribution in [0, 0.1) is 0 Å². The Bertz CT molecular complexity index is 475. The number of carbonyl (C=O) groups excluding carboxylic acids is 1. The summed E-state index contributed by atoms with van der Waals surface area (Å²) in [5, 5.41) is 12.4. The molecule has 20 heavy (non-hydrogen) atoms. The highest BCUT2D eigenvalue weighted by Crippen LogP contribution is 2.22. The van der Waals surface area contributed by atoms with Crippen LogP contribution in [0.25, 0.3) is 0 Å². The second-order valence-corrected chi connectivity index (χ2v) is 5.54. The number of piperidine rings is 1. The van der Waals surface area contributed by atoms with Gasteiger partial charge in [0.25, 0.3) is 5.91 Å². The van der Waals surface area contributed by atoms with Crippen molar-refractivity contribution in [1.29, 1.82) is 0 Å². The molecule has 0 aromatic carbocycles. The lowest BCUT2D eigenvalue weighted by Gasteiger charge is -2.26. The van der Waals surface area contributed by atoms with Gasteiger partial charge < -0.3 is 15.3 Å². The molecule has 1 aromatic rings. The van der Waals surface area contributed by atoms with Crippen LogP contribution in [0.1, 0.15) is 36.5 Å². The average Bonchev–Trinajstić information content (AvgIpc) is 2.49. The maximum Gasteiger partial charge on any atom is 0.255 e. The number of pyridine rings is 1. The lowest BCUT2D eigenvalue weighted by Crippen LogP contribution is -2.35. The molecular formula is C14H20ClN3O2. The largest absolute Gasteiger partial charge is 0.394 e. The van der Waals surface area contributed by atoms with Gasteiger partial charge in [0.2, 0.25) is 0 Å². The Labute approximate surface area is 123 Å². The van der Waals surface area contributed by atoms with Crippen LogP contribution in [-0.4, -0.2) is 46.6 Å². The number of hydrogen-bond donors (Lipinski definition) is 2. The highest BCUT2D eigenvalue weighted by atomic mass is 35.5. The third-order valence-electron chi connectivity index (χ3n) is 3.39. The SMILES string of the molecule is C[C@@H](CO)Nc1ncc(C(=O)N2CCCCC2)cc1Cl. The van der Waals surface area contributed by atoms with Crippen molar-refractivity contribution in [2.24, 2.45) is 0 Å². The lowest BCUT2D eigenvalue weighted by atomic mass is 10.1. The molecule has 0 radical (unpaired) electrons. The van der Waals surface area contributed by atoms with Crippen molar-refractivity contribution in [2.75, 3.05) is 25.0 Å². The number of aliphatic hydroxyl groups excluding tert-OH is 1. The molecular weight excluding hydrogens is 278 g/mol. The Morgan fingerprint density at radius 1 is 1.50 bits per heavy atom. The molecule has 1 saturated heterocycles. The van der Waals surface area contributed by atoms with Crippen LogP contribution in [0.5, 0.6) is 0 Å². The molecule has 1 aromatic heterocycles. The smallest absolute Gasteiger partial charge is 0.255 e. The molecule has 2 rings (SSSR count). The van der Waals surface area contributed by atoms with Crippen molar-refractivity contribution < 1.29 is 9.90 Å². The zero-order valence-corrected chi connectivity index (χ0v) is 12.4. The number of halogens is 1. The lowest BCUT2D eigenvalue weighted by molar-refractivity contribution is 0.0724. The summed E-state index contributed by atoms with van der Waals surface area (Å²) in [7, 11) is 0. The van der Waals surface area contributed by atoms with E-state index in [-0.39, 0.29) is 18.6 Å². The van der Waals surface area contributed by atoms with Gasteiger partial charge in [-0.2, -0.15) is 0 Å². The van der Waals surface area contributed by atoms with E-state index in [0.717, 1.165) is 25.9 Å². The summed E-state index contributed by atoms with van der Waals surface area (Å²) in [4.78, 5) is 18.3. The van der Waals surface area contributed by atoms with E-state index in [4.69, 9.17) is 16.7 Å². The van der Waals surface area contributed by atoms with E-state index < -0.39 is 0 Å². The van der Waals surface area contributed by atoms with E-state index >= 15 is 0 Å². The van der Waals surface area contributed by atoms with Crippen molar-refractivity contribution in [3.8, 4) is 0 Å². The first-order valence-corrected chi connectivity index (χ1v) is 7.32. The standard InChI is InChI=1S/C14H20ClN3O2/c1-10(9-19)17-13-12(15)7-11(8-16-13)14(20)18-5-3-2-4-6-18/h7-8,10,19H,2-6,9H2,1H3,(H,16,17)/t10-/m0/s1. The van der Waals surface area contributed by atoms with Gasteiger partial charge in [-0.05, 0) is 32.3 Å². The van der Waals surface area contributed by atoms with E-state index in [2.05, 4.69) is 10.3 Å². The predicted molar refractivity (Wildman–Crippen MR) is 79.2 cm³/mol. The first-order valence-electron chi connectivity index (χ1n) is 6.94. The number of nitrogens with one attached hydrogen (secondary N) is 1. The number of aliphatic hydroxyl groups is 1. The number of anilines is 1. The summed E-state index contributed by atoms with van der Waals surface area (Å²) in [5.74, 6) is 0.476. The van der Waals surface area contributed by atoms with Crippen LogP contribution in [0.15, 0.2) is 12.3 Å². The predicted octanol–water partition coefficient (Wildman–Crippen LogP) is 2.15. The number of hydrogen-bond acceptors (Lipinski definition) is 4. The second-order valence-electron chi connectivity index (χ2n) is 5.14. The Hall–Kier alpha value is -1.33. The summed E-state index contributed by atoms with van der Waals surface area (Å²) >= 11 is 6.14. The van der Waals surface area contributed by atoms with Gasteiger partial charge in [-0.15, -0.1) is 0 Å². The quantitative estimate of drug-likeness (QED) is 0.894. The summed E-state index contributed by atoms with van der Waals surface area (Å²) in [6.07, 6.45) is 4.83. The number of nitrogens with zero attached hydrogens (tertiary/aromatic N) is 2. The van der Waals surface area contributed by atoms with E-state index in [1.54, 1.807) is 6.07 Å². The van der Waals surface area contributed by atoms with Gasteiger partial charge in [0.15, 0.2) is 0 Å². The van der Waals surface area contributed by atoms with Crippen molar-refractivity contribution in [1.82, 2.24) is 9.88 Å². The maximum atomic E-state index is 12.3. The highest BCUT2D eigenvalue weighted by Gasteiger charge is 2.19. The Balaban J connectivity index is 2.09. The molecule has 110 valence electrons. The molecule has 0 bridgehead atoms. The van der Waals surface area contributed by atoms with Crippen LogP contribution in [0.2, 0.25) is 5.02 Å². The zero-order valence-electron chi connectivity index (χ0n) is 11.6. The number of carbonyl (C=O) groups is 1. The second kappa shape index (κ2) is 6.90. The monoisotopic (exact) mass is 297 g/mol. The van der Waals surface area contributed by atoms with Gasteiger partial charge in [0, 0.05) is 25.3 Å². The molecule has 1 atom stereocenters. The molecule has 0 aliphatic carbocycles. The van der Waals surface area contributed by atoms with E-state index in [0.29, 0.717) is 16.4 Å². The molecule has 1 amide bonds. The van der Waals surface area contributed by atoms with Gasteiger partial charge in [-0.3, -0.25) is 4.79 Å². The minimum Gasteiger partial charge on any atom is -0.394 e. The van der Waals surface area contributed by atoms with Crippen LogP contribution in [0.3, 0.4) is 0 Å². The van der Waals surface area contributed by atoms with E-state index in [9.17, 15) is 4.79 Å². The molecule has 5 nitrogen and oxygen atoms in total. The van der Waals surface area contributed by atoms with Crippen LogP contribution < -0.4 is 5.32 Å². The van der Waals surface area contributed by atoms with Crippen LogP contribution in [0.4, 0.5) is 5.82 Å². The van der Waals surface area contributed by atoms with Gasteiger partial charge in [-0.25, -0.2) is 4.98 Å². The number of aromatic nitrogens is 1. The summed E-state index contributed by atoms with van der Waals surface area (Å²) in [6.45, 7) is 3.42. The normalized spacial score (nSPS) is 16.9. The van der Waals surface area contributed by atoms with E-state index in [1.807, 2.05) is 11.8 Å². The van der Waals surface area contributed by atoms with Gasteiger partial charge in [0.05, 0.1) is 17.2 Å². The van der Waals surface area contributed by atoms with Crippen molar-refractivity contribution in [3.63, 3.8) is 0 Å². The van der Waals surface area contributed by atoms with Crippen LogP contribution >= 0.6 is 11.6 Å². The summed E-state index contributed by atoms with van der Waals surface area (Å²) < 4.78 is 0. The fraction of sp³-hybridized carbons (Fsp3) is 0.571. The Morgan fingerprint density at radius 3 is 2.80 bits per heavy atom. The van der Waals surface area contributed by atoms with Gasteiger partial charge >= 0.3 is 0 Å². The Kier molecular flexibility index (Phi) is 5.20. The van der Waals surface area contributed by atoms with Gasteiger partial charge in [0.1, 0.15) is 5.82 Å². The molecule has 1 fully saturated rings. The first kappa shape index (κ1) is 15.1. The molecule has 0 saturated carbocycles.